The number of likely N-dealkylation sites (tertiary alicyclic amines) is 1. The minimum atomic E-state index is -0.0831. The molecular weight excluding hydrogens is 330 g/mol. The van der Waals surface area contributed by atoms with E-state index in [0.29, 0.717) is 17.8 Å². The second-order valence-electron chi connectivity index (χ2n) is 6.77. The summed E-state index contributed by atoms with van der Waals surface area (Å²) < 4.78 is 0. The molecular formula is C19H25N5O2. The molecule has 0 radical (unpaired) electrons. The van der Waals surface area contributed by atoms with Gasteiger partial charge in [0.2, 0.25) is 5.95 Å². The third-order valence-electron chi connectivity index (χ3n) is 4.71. The molecule has 1 aromatic heterocycles. The zero-order chi connectivity index (χ0) is 18.7. The highest BCUT2D eigenvalue weighted by Gasteiger charge is 2.26. The van der Waals surface area contributed by atoms with E-state index in [1.165, 1.54) is 0 Å². The summed E-state index contributed by atoms with van der Waals surface area (Å²) in [6.07, 6.45) is 2.89. The molecule has 0 spiro atoms. The van der Waals surface area contributed by atoms with Gasteiger partial charge in [0.1, 0.15) is 5.82 Å². The summed E-state index contributed by atoms with van der Waals surface area (Å²) in [6.45, 7) is 0.706. The first-order valence-corrected chi connectivity index (χ1v) is 8.83. The molecule has 7 nitrogen and oxygen atoms in total. The average molecular weight is 355 g/mol. The van der Waals surface area contributed by atoms with E-state index in [9.17, 15) is 9.90 Å². The normalized spacial score (nSPS) is 17.2. The fourth-order valence-electron chi connectivity index (χ4n) is 3.24. The van der Waals surface area contributed by atoms with Gasteiger partial charge in [-0.1, -0.05) is 12.1 Å². The summed E-state index contributed by atoms with van der Waals surface area (Å²) in [5, 5.41) is 9.52. The van der Waals surface area contributed by atoms with Crippen LogP contribution in [0.1, 0.15) is 29.6 Å². The van der Waals surface area contributed by atoms with Crippen LogP contribution >= 0.6 is 0 Å². The van der Waals surface area contributed by atoms with Crippen molar-refractivity contribution in [2.24, 2.45) is 0 Å². The van der Waals surface area contributed by atoms with Crippen molar-refractivity contribution in [1.29, 1.82) is 0 Å². The smallest absolute Gasteiger partial charge is 0.254 e. The minimum absolute atomic E-state index is 0.0113. The van der Waals surface area contributed by atoms with Crippen LogP contribution in [-0.4, -0.2) is 59.2 Å². The van der Waals surface area contributed by atoms with Gasteiger partial charge in [-0.25, -0.2) is 4.98 Å². The third-order valence-corrected chi connectivity index (χ3v) is 4.71. The van der Waals surface area contributed by atoms with Crippen LogP contribution in [0.2, 0.25) is 0 Å². The number of carbonyl (C=O) groups is 1. The van der Waals surface area contributed by atoms with Gasteiger partial charge in [-0.15, -0.1) is 0 Å². The Labute approximate surface area is 153 Å². The molecule has 1 aromatic carbocycles. The molecule has 1 aliphatic heterocycles. The lowest BCUT2D eigenvalue weighted by Gasteiger charge is -2.34. The van der Waals surface area contributed by atoms with Gasteiger partial charge in [0.15, 0.2) is 0 Å². The summed E-state index contributed by atoms with van der Waals surface area (Å²) >= 11 is 0. The van der Waals surface area contributed by atoms with Crippen LogP contribution in [0, 0.1) is 0 Å². The Morgan fingerprint density at radius 3 is 2.65 bits per heavy atom. The van der Waals surface area contributed by atoms with Gasteiger partial charge < -0.3 is 20.6 Å². The van der Waals surface area contributed by atoms with Crippen LogP contribution in [0.5, 0.6) is 0 Å². The van der Waals surface area contributed by atoms with Crippen molar-refractivity contribution in [2.45, 2.75) is 25.3 Å². The monoisotopic (exact) mass is 355 g/mol. The lowest BCUT2D eigenvalue weighted by Crippen LogP contribution is -2.45. The van der Waals surface area contributed by atoms with Gasteiger partial charge in [-0.05, 0) is 31.4 Å². The number of nitrogen functional groups attached to an aromatic ring is 1. The highest BCUT2D eigenvalue weighted by Crippen LogP contribution is 2.24. The van der Waals surface area contributed by atoms with Crippen LogP contribution in [0.3, 0.4) is 0 Å². The largest absolute Gasteiger partial charge is 0.394 e. The number of hydrogen-bond acceptors (Lipinski definition) is 6. The summed E-state index contributed by atoms with van der Waals surface area (Å²) in [5.41, 5.74) is 8.01. The lowest BCUT2D eigenvalue weighted by molar-refractivity contribution is 0.0503. The zero-order valence-corrected chi connectivity index (χ0v) is 15.2. The molecule has 1 atom stereocenters. The molecule has 7 heteroatoms. The van der Waals surface area contributed by atoms with Gasteiger partial charge in [-0.2, -0.15) is 4.98 Å². The maximum absolute atomic E-state index is 12.8. The van der Waals surface area contributed by atoms with Crippen LogP contribution in [0.15, 0.2) is 30.3 Å². The lowest BCUT2D eigenvalue weighted by atomic mass is 10.0. The number of aliphatic hydroxyl groups is 1. The van der Waals surface area contributed by atoms with E-state index in [2.05, 4.69) is 9.97 Å². The zero-order valence-electron chi connectivity index (χ0n) is 15.2. The molecule has 138 valence electrons. The Morgan fingerprint density at radius 2 is 2.00 bits per heavy atom. The van der Waals surface area contributed by atoms with E-state index < -0.39 is 0 Å². The Balaban J connectivity index is 1.83. The predicted octanol–water partition coefficient (Wildman–Crippen LogP) is 1.78. The van der Waals surface area contributed by atoms with Crippen LogP contribution in [0.4, 0.5) is 11.8 Å². The second-order valence-corrected chi connectivity index (χ2v) is 6.77. The molecule has 2 aromatic rings. The maximum Gasteiger partial charge on any atom is 0.254 e. The Kier molecular flexibility index (Phi) is 5.37. The third kappa shape index (κ3) is 3.77. The average Bonchev–Trinajstić information content (AvgIpc) is 2.67. The number of hydrogen-bond donors (Lipinski definition) is 2. The van der Waals surface area contributed by atoms with E-state index in [0.717, 1.165) is 30.6 Å². The number of carbonyl (C=O) groups excluding carboxylic acids is 1. The highest BCUT2D eigenvalue weighted by atomic mass is 16.3. The predicted molar refractivity (Wildman–Crippen MR) is 102 cm³/mol. The SMILES string of the molecule is CN(C)c1cc(-c2ccc(C(=O)N3CCCC[C@H]3CO)cc2)nc(N)n1. The number of rotatable bonds is 4. The van der Waals surface area contributed by atoms with E-state index in [1.807, 2.05) is 37.2 Å². The molecule has 2 heterocycles. The van der Waals surface area contributed by atoms with Crippen molar-refractivity contribution in [1.82, 2.24) is 14.9 Å². The highest BCUT2D eigenvalue weighted by molar-refractivity contribution is 5.95. The second kappa shape index (κ2) is 7.70. The summed E-state index contributed by atoms with van der Waals surface area (Å²) in [6, 6.07) is 9.11. The fourth-order valence-corrected chi connectivity index (χ4v) is 3.24. The van der Waals surface area contributed by atoms with Crippen molar-refractivity contribution >= 4 is 17.7 Å². The van der Waals surface area contributed by atoms with E-state index in [1.54, 1.807) is 17.0 Å². The molecule has 0 aliphatic carbocycles. The van der Waals surface area contributed by atoms with Gasteiger partial charge >= 0.3 is 0 Å². The Morgan fingerprint density at radius 1 is 1.27 bits per heavy atom. The fraction of sp³-hybridized carbons (Fsp3) is 0.421. The summed E-state index contributed by atoms with van der Waals surface area (Å²) in [7, 11) is 3.78. The summed E-state index contributed by atoms with van der Waals surface area (Å²) in [5.74, 6) is 0.906. The number of nitrogens with two attached hydrogens (primary N) is 1. The van der Waals surface area contributed by atoms with Crippen LogP contribution < -0.4 is 10.6 Å². The van der Waals surface area contributed by atoms with Gasteiger partial charge in [0, 0.05) is 37.8 Å². The molecule has 0 saturated carbocycles. The summed E-state index contributed by atoms with van der Waals surface area (Å²) in [4.78, 5) is 24.9. The number of nitrogens with zero attached hydrogens (tertiary/aromatic N) is 4. The quantitative estimate of drug-likeness (QED) is 0.868. The molecule has 3 rings (SSSR count). The van der Waals surface area contributed by atoms with E-state index in [4.69, 9.17) is 5.73 Å². The molecule has 26 heavy (non-hydrogen) atoms. The Bertz CT molecular complexity index is 776. The van der Waals surface area contributed by atoms with E-state index >= 15 is 0 Å². The van der Waals surface area contributed by atoms with Crippen molar-refractivity contribution in [3.05, 3.63) is 35.9 Å². The molecule has 3 N–H and O–H groups in total. The number of benzene rings is 1. The molecule has 1 aliphatic rings. The number of anilines is 2. The topological polar surface area (TPSA) is 95.6 Å². The molecule has 1 saturated heterocycles. The molecule has 1 fully saturated rings. The van der Waals surface area contributed by atoms with Crippen LogP contribution in [0.25, 0.3) is 11.3 Å². The van der Waals surface area contributed by atoms with Crippen molar-refractivity contribution < 1.29 is 9.90 Å². The molecule has 1 amide bonds. The van der Waals surface area contributed by atoms with Crippen molar-refractivity contribution in [3.8, 4) is 11.3 Å². The van der Waals surface area contributed by atoms with E-state index in [-0.39, 0.29) is 24.5 Å². The minimum Gasteiger partial charge on any atom is -0.394 e. The number of aromatic nitrogens is 2. The van der Waals surface area contributed by atoms with Gasteiger partial charge in [0.25, 0.3) is 5.91 Å². The first-order valence-electron chi connectivity index (χ1n) is 8.83. The standard InChI is InChI=1S/C19H25N5O2/c1-23(2)17-11-16(21-19(20)22-17)13-6-8-14(9-7-13)18(26)24-10-4-3-5-15(24)12-25/h6-9,11,15,25H,3-5,10,12H2,1-2H3,(H2,20,21,22)/t15-/m0/s1. The van der Waals surface area contributed by atoms with Crippen molar-refractivity contribution in [2.75, 3.05) is 37.9 Å². The first kappa shape index (κ1) is 18.1. The van der Waals surface area contributed by atoms with Gasteiger partial charge in [-0.3, -0.25) is 4.79 Å². The van der Waals surface area contributed by atoms with Gasteiger partial charge in [0.05, 0.1) is 18.3 Å². The number of amides is 1. The maximum atomic E-state index is 12.8. The number of piperidine rings is 1. The van der Waals surface area contributed by atoms with Crippen molar-refractivity contribution in [3.63, 3.8) is 0 Å². The molecule has 0 unspecified atom stereocenters. The number of aliphatic hydroxyl groups excluding tert-OH is 1. The first-order chi connectivity index (χ1) is 12.5. The molecule has 0 bridgehead atoms. The Hall–Kier alpha value is -2.67. The van der Waals surface area contributed by atoms with Crippen LogP contribution in [-0.2, 0) is 0 Å².